The lowest BCUT2D eigenvalue weighted by Gasteiger charge is -2.22. The van der Waals surface area contributed by atoms with E-state index in [1.807, 2.05) is 67.6 Å². The molecule has 2 N–H and O–H groups in total. The number of benzene rings is 3. The largest absolute Gasteiger partial charge is 0.508 e. The van der Waals surface area contributed by atoms with E-state index in [2.05, 4.69) is 10.5 Å². The van der Waals surface area contributed by atoms with Crippen LogP contribution in [0.15, 0.2) is 71.3 Å². The second-order valence-electron chi connectivity index (χ2n) is 7.11. The van der Waals surface area contributed by atoms with Gasteiger partial charge in [-0.05, 0) is 36.2 Å². The number of aryl methyl sites for hydroxylation is 2. The molecule has 0 unspecified atom stereocenters. The van der Waals surface area contributed by atoms with Gasteiger partial charge in [0.2, 0.25) is 5.91 Å². The zero-order valence-corrected chi connectivity index (χ0v) is 16.3. The standard InChI is InChI=1S/C24H22N2O3/c1-15-20(16(2)29-26-15)14-22(28)25-24(18-9-4-3-5-10-18)23-19-11-7-6-8-17(19)12-13-21(23)27/h3-13,24,27H,14H2,1-2H3,(H,25,28)/t24-/m0/s1. The fourth-order valence-corrected chi connectivity index (χ4v) is 3.68. The summed E-state index contributed by atoms with van der Waals surface area (Å²) in [6, 6.07) is 20.6. The van der Waals surface area contributed by atoms with Crippen LogP contribution in [-0.4, -0.2) is 16.2 Å². The quantitative estimate of drug-likeness (QED) is 0.526. The number of rotatable bonds is 5. The predicted octanol–water partition coefficient (Wildman–Crippen LogP) is 4.60. The van der Waals surface area contributed by atoms with Crippen molar-refractivity contribution >= 4 is 16.7 Å². The van der Waals surface area contributed by atoms with Gasteiger partial charge in [-0.3, -0.25) is 4.79 Å². The molecule has 0 saturated heterocycles. The highest BCUT2D eigenvalue weighted by Gasteiger charge is 2.23. The Kier molecular flexibility index (Phi) is 5.04. The SMILES string of the molecule is Cc1noc(C)c1CC(=O)N[C@@H](c1ccccc1)c1c(O)ccc2ccccc12. The summed E-state index contributed by atoms with van der Waals surface area (Å²) < 4.78 is 5.18. The molecule has 3 aromatic carbocycles. The molecule has 0 aliphatic rings. The van der Waals surface area contributed by atoms with E-state index >= 15 is 0 Å². The highest BCUT2D eigenvalue weighted by atomic mass is 16.5. The molecule has 0 aliphatic carbocycles. The summed E-state index contributed by atoms with van der Waals surface area (Å²) in [5, 5.41) is 19.7. The van der Waals surface area contributed by atoms with Crippen molar-refractivity contribution in [1.82, 2.24) is 10.5 Å². The van der Waals surface area contributed by atoms with Gasteiger partial charge in [0.05, 0.1) is 18.2 Å². The number of nitrogens with one attached hydrogen (secondary N) is 1. The van der Waals surface area contributed by atoms with Crippen molar-refractivity contribution in [3.8, 4) is 5.75 Å². The van der Waals surface area contributed by atoms with Crippen molar-refractivity contribution in [3.05, 3.63) is 94.9 Å². The normalized spacial score (nSPS) is 12.1. The van der Waals surface area contributed by atoms with Crippen LogP contribution < -0.4 is 5.32 Å². The second-order valence-corrected chi connectivity index (χ2v) is 7.11. The fraction of sp³-hybridized carbons (Fsp3) is 0.167. The van der Waals surface area contributed by atoms with Crippen molar-refractivity contribution in [1.29, 1.82) is 0 Å². The summed E-state index contributed by atoms with van der Waals surface area (Å²) in [5.41, 5.74) is 3.08. The van der Waals surface area contributed by atoms with Gasteiger partial charge in [0.1, 0.15) is 11.5 Å². The average Bonchev–Trinajstić information content (AvgIpc) is 3.05. The lowest BCUT2D eigenvalue weighted by Crippen LogP contribution is -2.31. The van der Waals surface area contributed by atoms with E-state index in [4.69, 9.17) is 4.52 Å². The molecule has 1 aromatic heterocycles. The molecule has 4 aromatic rings. The minimum absolute atomic E-state index is 0.148. The molecule has 0 fully saturated rings. The second kappa shape index (κ2) is 7.80. The summed E-state index contributed by atoms with van der Waals surface area (Å²) in [6.07, 6.45) is 0.163. The van der Waals surface area contributed by atoms with Crippen LogP contribution in [0.1, 0.15) is 34.2 Å². The van der Waals surface area contributed by atoms with E-state index < -0.39 is 6.04 Å². The highest BCUT2D eigenvalue weighted by Crippen LogP contribution is 2.35. The zero-order valence-electron chi connectivity index (χ0n) is 16.3. The number of carbonyl (C=O) groups excluding carboxylic acids is 1. The third-order valence-corrected chi connectivity index (χ3v) is 5.19. The fourth-order valence-electron chi connectivity index (χ4n) is 3.68. The highest BCUT2D eigenvalue weighted by molar-refractivity contribution is 5.89. The van der Waals surface area contributed by atoms with Gasteiger partial charge >= 0.3 is 0 Å². The molecular weight excluding hydrogens is 364 g/mol. The Morgan fingerprint density at radius 2 is 1.76 bits per heavy atom. The first-order valence-corrected chi connectivity index (χ1v) is 9.51. The van der Waals surface area contributed by atoms with Gasteiger partial charge in [0.15, 0.2) is 0 Å². The molecule has 0 saturated carbocycles. The number of phenolic OH excluding ortho intramolecular Hbond substituents is 1. The molecule has 4 rings (SSSR count). The van der Waals surface area contributed by atoms with Gasteiger partial charge in [-0.1, -0.05) is 65.8 Å². The third-order valence-electron chi connectivity index (χ3n) is 5.19. The number of aromatic nitrogens is 1. The average molecular weight is 386 g/mol. The molecule has 5 heteroatoms. The molecule has 0 aliphatic heterocycles. The number of phenols is 1. The Labute approximate surface area is 169 Å². The van der Waals surface area contributed by atoms with Crippen LogP contribution in [-0.2, 0) is 11.2 Å². The minimum atomic E-state index is -0.490. The summed E-state index contributed by atoms with van der Waals surface area (Å²) in [5.74, 6) is 0.623. The Bertz CT molecular complexity index is 1150. The van der Waals surface area contributed by atoms with Crippen molar-refractivity contribution in [3.63, 3.8) is 0 Å². The van der Waals surface area contributed by atoms with E-state index in [1.54, 1.807) is 13.0 Å². The van der Waals surface area contributed by atoms with E-state index in [0.717, 1.165) is 21.9 Å². The first-order chi connectivity index (χ1) is 14.0. The molecular formula is C24H22N2O3. The smallest absolute Gasteiger partial charge is 0.225 e. The minimum Gasteiger partial charge on any atom is -0.508 e. The Hall–Kier alpha value is -3.60. The Morgan fingerprint density at radius 1 is 1.03 bits per heavy atom. The summed E-state index contributed by atoms with van der Waals surface area (Å²) in [7, 11) is 0. The van der Waals surface area contributed by atoms with E-state index in [-0.39, 0.29) is 18.1 Å². The number of aromatic hydroxyl groups is 1. The van der Waals surface area contributed by atoms with Gasteiger partial charge in [-0.25, -0.2) is 0 Å². The van der Waals surface area contributed by atoms with Gasteiger partial charge in [-0.2, -0.15) is 0 Å². The molecule has 0 radical (unpaired) electrons. The molecule has 1 atom stereocenters. The van der Waals surface area contributed by atoms with Crippen molar-refractivity contribution in [2.45, 2.75) is 26.3 Å². The number of nitrogens with zero attached hydrogens (tertiary/aromatic N) is 1. The lowest BCUT2D eigenvalue weighted by molar-refractivity contribution is -0.121. The summed E-state index contributed by atoms with van der Waals surface area (Å²) in [6.45, 7) is 3.62. The van der Waals surface area contributed by atoms with Gasteiger partial charge < -0.3 is 14.9 Å². The zero-order chi connectivity index (χ0) is 20.4. The van der Waals surface area contributed by atoms with Crippen LogP contribution in [0.3, 0.4) is 0 Å². The maximum Gasteiger partial charge on any atom is 0.225 e. The maximum atomic E-state index is 13.0. The summed E-state index contributed by atoms with van der Waals surface area (Å²) in [4.78, 5) is 13.0. The third kappa shape index (κ3) is 3.72. The molecule has 146 valence electrons. The van der Waals surface area contributed by atoms with Crippen molar-refractivity contribution in [2.24, 2.45) is 0 Å². The van der Waals surface area contributed by atoms with E-state index in [1.165, 1.54) is 0 Å². The van der Waals surface area contributed by atoms with Crippen molar-refractivity contribution < 1.29 is 14.4 Å². The number of hydrogen-bond donors (Lipinski definition) is 2. The molecule has 0 bridgehead atoms. The van der Waals surface area contributed by atoms with Crippen LogP contribution in [0, 0.1) is 13.8 Å². The lowest BCUT2D eigenvalue weighted by atomic mass is 9.92. The van der Waals surface area contributed by atoms with Crippen LogP contribution in [0.25, 0.3) is 10.8 Å². The monoisotopic (exact) mass is 386 g/mol. The van der Waals surface area contributed by atoms with Crippen molar-refractivity contribution in [2.75, 3.05) is 0 Å². The predicted molar refractivity (Wildman–Crippen MR) is 112 cm³/mol. The van der Waals surface area contributed by atoms with Crippen LogP contribution >= 0.6 is 0 Å². The molecule has 0 spiro atoms. The Morgan fingerprint density at radius 3 is 2.48 bits per heavy atom. The Balaban J connectivity index is 1.76. The number of carbonyl (C=O) groups is 1. The van der Waals surface area contributed by atoms with Gasteiger partial charge in [0, 0.05) is 11.1 Å². The molecule has 1 amide bonds. The van der Waals surface area contributed by atoms with Gasteiger partial charge in [0.25, 0.3) is 0 Å². The topological polar surface area (TPSA) is 75.4 Å². The number of amides is 1. The number of fused-ring (bicyclic) bond motifs is 1. The summed E-state index contributed by atoms with van der Waals surface area (Å²) >= 11 is 0. The van der Waals surface area contributed by atoms with E-state index in [0.29, 0.717) is 17.0 Å². The maximum absolute atomic E-state index is 13.0. The molecule has 1 heterocycles. The van der Waals surface area contributed by atoms with E-state index in [9.17, 15) is 9.90 Å². The van der Waals surface area contributed by atoms with Crippen LogP contribution in [0.5, 0.6) is 5.75 Å². The van der Waals surface area contributed by atoms with Gasteiger partial charge in [-0.15, -0.1) is 0 Å². The molecule has 29 heavy (non-hydrogen) atoms. The number of hydrogen-bond acceptors (Lipinski definition) is 4. The first kappa shape index (κ1) is 18.7. The van der Waals surface area contributed by atoms with Crippen LogP contribution in [0.2, 0.25) is 0 Å². The van der Waals surface area contributed by atoms with Crippen LogP contribution in [0.4, 0.5) is 0 Å². The first-order valence-electron chi connectivity index (χ1n) is 9.51. The molecule has 5 nitrogen and oxygen atoms in total.